The molecule has 0 radical (unpaired) electrons. The van der Waals surface area contributed by atoms with Gasteiger partial charge in [0.15, 0.2) is 0 Å². The number of rotatable bonds is 6. The van der Waals surface area contributed by atoms with Crippen LogP contribution in [0.25, 0.3) is 0 Å². The van der Waals surface area contributed by atoms with Gasteiger partial charge in [-0.15, -0.1) is 0 Å². The standard InChI is InChI=1S/C15H21BrO/c1-2-4-12(10-16)11-17-15-8-7-13-5-3-6-14(13)9-15/h7-9,12H,2-6,10-11H2,1H3. The van der Waals surface area contributed by atoms with E-state index in [1.165, 1.54) is 43.2 Å². The number of hydrogen-bond acceptors (Lipinski definition) is 1. The molecule has 2 heteroatoms. The summed E-state index contributed by atoms with van der Waals surface area (Å²) in [4.78, 5) is 0. The normalized spacial score (nSPS) is 15.6. The Kier molecular flexibility index (Phi) is 4.90. The molecule has 2 rings (SSSR count). The van der Waals surface area contributed by atoms with Crippen molar-refractivity contribution in [1.29, 1.82) is 0 Å². The van der Waals surface area contributed by atoms with E-state index in [-0.39, 0.29) is 0 Å². The maximum absolute atomic E-state index is 5.91. The lowest BCUT2D eigenvalue weighted by Crippen LogP contribution is -2.13. The Labute approximate surface area is 113 Å². The van der Waals surface area contributed by atoms with Crippen LogP contribution in [0.1, 0.15) is 37.3 Å². The van der Waals surface area contributed by atoms with Crippen molar-refractivity contribution in [1.82, 2.24) is 0 Å². The molecule has 17 heavy (non-hydrogen) atoms. The van der Waals surface area contributed by atoms with Crippen LogP contribution in [0.5, 0.6) is 5.75 Å². The molecule has 1 unspecified atom stereocenters. The number of alkyl halides is 1. The molecule has 0 N–H and O–H groups in total. The first kappa shape index (κ1) is 12.9. The highest BCUT2D eigenvalue weighted by Crippen LogP contribution is 2.26. The van der Waals surface area contributed by atoms with E-state index in [4.69, 9.17) is 4.74 Å². The van der Waals surface area contributed by atoms with Crippen LogP contribution in [0.2, 0.25) is 0 Å². The molecule has 0 aromatic heterocycles. The van der Waals surface area contributed by atoms with Gasteiger partial charge >= 0.3 is 0 Å². The van der Waals surface area contributed by atoms with Gasteiger partial charge in [-0.3, -0.25) is 0 Å². The number of halogens is 1. The lowest BCUT2D eigenvalue weighted by Gasteiger charge is -2.14. The van der Waals surface area contributed by atoms with E-state index in [2.05, 4.69) is 41.1 Å². The molecule has 0 aliphatic heterocycles. The molecule has 1 aromatic carbocycles. The third-order valence-corrected chi connectivity index (χ3v) is 4.39. The molecule has 0 spiro atoms. The molecule has 1 nitrogen and oxygen atoms in total. The lowest BCUT2D eigenvalue weighted by molar-refractivity contribution is 0.255. The Morgan fingerprint density at radius 3 is 2.88 bits per heavy atom. The van der Waals surface area contributed by atoms with Crippen LogP contribution in [0.3, 0.4) is 0 Å². The van der Waals surface area contributed by atoms with Crippen LogP contribution in [0, 0.1) is 5.92 Å². The summed E-state index contributed by atoms with van der Waals surface area (Å²) in [5.41, 5.74) is 3.01. The van der Waals surface area contributed by atoms with Crippen molar-refractivity contribution in [2.45, 2.75) is 39.0 Å². The van der Waals surface area contributed by atoms with Crippen LogP contribution in [-0.4, -0.2) is 11.9 Å². The minimum Gasteiger partial charge on any atom is -0.493 e. The molecule has 0 saturated carbocycles. The molecule has 1 aliphatic rings. The van der Waals surface area contributed by atoms with Gasteiger partial charge in [0, 0.05) is 11.2 Å². The summed E-state index contributed by atoms with van der Waals surface area (Å²) in [6.45, 7) is 3.06. The first-order valence-corrected chi connectivity index (χ1v) is 7.76. The molecule has 1 aromatic rings. The average Bonchev–Trinajstić information content (AvgIpc) is 2.81. The number of aryl methyl sites for hydroxylation is 2. The minimum atomic E-state index is 0.633. The van der Waals surface area contributed by atoms with E-state index < -0.39 is 0 Å². The van der Waals surface area contributed by atoms with E-state index >= 15 is 0 Å². The zero-order valence-corrected chi connectivity index (χ0v) is 12.1. The van der Waals surface area contributed by atoms with E-state index in [0.29, 0.717) is 5.92 Å². The zero-order chi connectivity index (χ0) is 12.1. The summed E-state index contributed by atoms with van der Waals surface area (Å²) in [6.07, 6.45) is 6.23. The van der Waals surface area contributed by atoms with Crippen molar-refractivity contribution >= 4 is 15.9 Å². The van der Waals surface area contributed by atoms with Crippen LogP contribution in [-0.2, 0) is 12.8 Å². The summed E-state index contributed by atoms with van der Waals surface area (Å²) in [5.74, 6) is 1.68. The highest BCUT2D eigenvalue weighted by Gasteiger charge is 2.12. The van der Waals surface area contributed by atoms with Gasteiger partial charge in [0.1, 0.15) is 5.75 Å². The van der Waals surface area contributed by atoms with E-state index in [1.54, 1.807) is 0 Å². The molecule has 0 heterocycles. The summed E-state index contributed by atoms with van der Waals surface area (Å²) < 4.78 is 5.91. The number of fused-ring (bicyclic) bond motifs is 1. The van der Waals surface area contributed by atoms with Gasteiger partial charge in [-0.25, -0.2) is 0 Å². The zero-order valence-electron chi connectivity index (χ0n) is 10.5. The summed E-state index contributed by atoms with van der Waals surface area (Å²) in [5, 5.41) is 1.03. The van der Waals surface area contributed by atoms with Gasteiger partial charge in [0.25, 0.3) is 0 Å². The molecular weight excluding hydrogens is 276 g/mol. The SMILES string of the molecule is CCCC(CBr)COc1ccc2c(c1)CCC2. The third-order valence-electron chi connectivity index (χ3n) is 3.47. The van der Waals surface area contributed by atoms with Crippen molar-refractivity contribution in [3.8, 4) is 5.75 Å². The molecule has 0 fully saturated rings. The monoisotopic (exact) mass is 296 g/mol. The molecule has 94 valence electrons. The molecule has 1 aliphatic carbocycles. The van der Waals surface area contributed by atoms with Crippen molar-refractivity contribution in [2.75, 3.05) is 11.9 Å². The quantitative estimate of drug-likeness (QED) is 0.709. The van der Waals surface area contributed by atoms with Gasteiger partial charge in [0.05, 0.1) is 6.61 Å². The number of hydrogen-bond donors (Lipinski definition) is 0. The lowest BCUT2D eigenvalue weighted by atomic mass is 10.1. The van der Waals surface area contributed by atoms with Gasteiger partial charge in [-0.2, -0.15) is 0 Å². The molecule has 1 atom stereocenters. The van der Waals surface area contributed by atoms with Crippen molar-refractivity contribution in [2.24, 2.45) is 5.92 Å². The van der Waals surface area contributed by atoms with Crippen molar-refractivity contribution in [3.05, 3.63) is 29.3 Å². The van der Waals surface area contributed by atoms with E-state index in [0.717, 1.165) is 17.7 Å². The van der Waals surface area contributed by atoms with Crippen molar-refractivity contribution in [3.63, 3.8) is 0 Å². The molecular formula is C15H21BrO. The fourth-order valence-corrected chi connectivity index (χ4v) is 2.98. The second-order valence-corrected chi connectivity index (χ2v) is 5.55. The first-order valence-electron chi connectivity index (χ1n) is 6.64. The Hall–Kier alpha value is -0.500. The van der Waals surface area contributed by atoms with Crippen molar-refractivity contribution < 1.29 is 4.74 Å². The van der Waals surface area contributed by atoms with Gasteiger partial charge in [-0.05, 0) is 48.9 Å². The predicted molar refractivity (Wildman–Crippen MR) is 76.2 cm³/mol. The van der Waals surface area contributed by atoms with Gasteiger partial charge < -0.3 is 4.74 Å². The number of ether oxygens (including phenoxy) is 1. The average molecular weight is 297 g/mol. The summed E-state index contributed by atoms with van der Waals surface area (Å²) in [6, 6.07) is 6.60. The van der Waals surface area contributed by atoms with E-state index in [9.17, 15) is 0 Å². The van der Waals surface area contributed by atoms with E-state index in [1.807, 2.05) is 0 Å². The topological polar surface area (TPSA) is 9.23 Å². The van der Waals surface area contributed by atoms with Crippen LogP contribution in [0.15, 0.2) is 18.2 Å². The van der Waals surface area contributed by atoms with Crippen LogP contribution >= 0.6 is 15.9 Å². The predicted octanol–water partition coefficient (Wildman–Crippen LogP) is 4.37. The second-order valence-electron chi connectivity index (χ2n) is 4.90. The maximum Gasteiger partial charge on any atom is 0.119 e. The smallest absolute Gasteiger partial charge is 0.119 e. The highest BCUT2D eigenvalue weighted by molar-refractivity contribution is 9.09. The van der Waals surface area contributed by atoms with Crippen LogP contribution in [0.4, 0.5) is 0 Å². The molecule has 0 bridgehead atoms. The Morgan fingerprint density at radius 1 is 1.29 bits per heavy atom. The minimum absolute atomic E-state index is 0.633. The first-order chi connectivity index (χ1) is 8.33. The van der Waals surface area contributed by atoms with Crippen LogP contribution < -0.4 is 4.74 Å². The molecule has 0 amide bonds. The van der Waals surface area contributed by atoms with Gasteiger partial charge in [0.2, 0.25) is 0 Å². The largest absolute Gasteiger partial charge is 0.493 e. The Bertz CT molecular complexity index is 362. The van der Waals surface area contributed by atoms with Gasteiger partial charge in [-0.1, -0.05) is 35.3 Å². The third kappa shape index (κ3) is 3.48. The highest BCUT2D eigenvalue weighted by atomic mass is 79.9. The molecule has 0 saturated heterocycles. The Balaban J connectivity index is 1.90. The summed E-state index contributed by atoms with van der Waals surface area (Å²) >= 11 is 3.56. The second kappa shape index (κ2) is 6.44. The number of benzene rings is 1. The fourth-order valence-electron chi connectivity index (χ4n) is 2.47. The summed E-state index contributed by atoms with van der Waals surface area (Å²) in [7, 11) is 0. The fraction of sp³-hybridized carbons (Fsp3) is 0.600. The maximum atomic E-state index is 5.91. The Morgan fingerprint density at radius 2 is 2.12 bits per heavy atom.